The molecule has 1 unspecified atom stereocenters. The fourth-order valence-electron chi connectivity index (χ4n) is 2.92. The van der Waals surface area contributed by atoms with Gasteiger partial charge >= 0.3 is 0 Å². The van der Waals surface area contributed by atoms with E-state index in [1.54, 1.807) is 25.4 Å². The number of hydrogen-bond acceptors (Lipinski definition) is 5. The number of nitrogens with one attached hydrogen (secondary N) is 1. The molecule has 1 amide bonds. The Balaban J connectivity index is 1.71. The average Bonchev–Trinajstić information content (AvgIpc) is 3.17. The van der Waals surface area contributed by atoms with Crippen LogP contribution in [-0.4, -0.2) is 29.2 Å². The number of nitriles is 1. The maximum absolute atomic E-state index is 12.6. The van der Waals surface area contributed by atoms with Gasteiger partial charge < -0.3 is 19.4 Å². The van der Waals surface area contributed by atoms with Crippen molar-refractivity contribution in [1.29, 1.82) is 5.26 Å². The highest BCUT2D eigenvalue weighted by molar-refractivity contribution is 5.78. The molecule has 0 bridgehead atoms. The zero-order valence-electron chi connectivity index (χ0n) is 16.3. The van der Waals surface area contributed by atoms with Gasteiger partial charge in [0.15, 0.2) is 6.61 Å². The van der Waals surface area contributed by atoms with Crippen molar-refractivity contribution in [2.45, 2.75) is 12.5 Å². The molecule has 0 saturated carbocycles. The van der Waals surface area contributed by atoms with Crippen molar-refractivity contribution in [3.63, 3.8) is 0 Å². The van der Waals surface area contributed by atoms with E-state index in [1.807, 2.05) is 54.2 Å². The lowest BCUT2D eigenvalue weighted by Gasteiger charge is -2.20. The van der Waals surface area contributed by atoms with Crippen molar-refractivity contribution < 1.29 is 14.3 Å². The normalized spacial score (nSPS) is 11.3. The molecule has 0 radical (unpaired) electrons. The Morgan fingerprint density at radius 3 is 2.69 bits per heavy atom. The van der Waals surface area contributed by atoms with Gasteiger partial charge in [0.2, 0.25) is 0 Å². The van der Waals surface area contributed by atoms with Gasteiger partial charge in [-0.2, -0.15) is 5.26 Å². The van der Waals surface area contributed by atoms with E-state index in [0.717, 1.165) is 11.1 Å². The second-order valence-electron chi connectivity index (χ2n) is 6.44. The van der Waals surface area contributed by atoms with E-state index in [9.17, 15) is 4.79 Å². The quantitative estimate of drug-likeness (QED) is 0.639. The largest absolute Gasteiger partial charge is 0.497 e. The van der Waals surface area contributed by atoms with Crippen LogP contribution in [0.25, 0.3) is 0 Å². The first-order valence-corrected chi connectivity index (χ1v) is 9.10. The highest BCUT2D eigenvalue weighted by Gasteiger charge is 2.21. The van der Waals surface area contributed by atoms with Crippen molar-refractivity contribution in [3.8, 4) is 17.6 Å². The molecule has 1 N–H and O–H groups in total. The van der Waals surface area contributed by atoms with Crippen LogP contribution >= 0.6 is 0 Å². The molecule has 0 aliphatic heterocycles. The molecule has 0 fully saturated rings. The number of methoxy groups -OCH3 is 1. The van der Waals surface area contributed by atoms with E-state index in [0.29, 0.717) is 23.7 Å². The maximum atomic E-state index is 12.6. The van der Waals surface area contributed by atoms with Crippen LogP contribution in [0.4, 0.5) is 0 Å². The second kappa shape index (κ2) is 9.42. The summed E-state index contributed by atoms with van der Waals surface area (Å²) in [5.41, 5.74) is 1.75. The maximum Gasteiger partial charge on any atom is 0.258 e. The number of aryl methyl sites for hydroxylation is 1. The predicted octanol–water partition coefficient (Wildman–Crippen LogP) is 2.78. The van der Waals surface area contributed by atoms with Crippen molar-refractivity contribution in [1.82, 2.24) is 14.9 Å². The van der Waals surface area contributed by atoms with Crippen LogP contribution in [0.2, 0.25) is 0 Å². The van der Waals surface area contributed by atoms with Crippen LogP contribution in [0.3, 0.4) is 0 Å². The summed E-state index contributed by atoms with van der Waals surface area (Å²) in [5.74, 6) is 1.69. The summed E-state index contributed by atoms with van der Waals surface area (Å²) in [4.78, 5) is 17.0. The van der Waals surface area contributed by atoms with Crippen LogP contribution in [0.5, 0.6) is 11.5 Å². The highest BCUT2D eigenvalue weighted by atomic mass is 16.5. The second-order valence-corrected chi connectivity index (χ2v) is 6.44. The van der Waals surface area contributed by atoms with Crippen LogP contribution in [0, 0.1) is 11.3 Å². The minimum absolute atomic E-state index is 0.136. The number of hydrogen-bond donors (Lipinski definition) is 1. The number of carbonyl (C=O) groups is 1. The summed E-state index contributed by atoms with van der Waals surface area (Å²) in [6.45, 7) is -0.136. The summed E-state index contributed by atoms with van der Waals surface area (Å²) < 4.78 is 12.7. The average molecular weight is 390 g/mol. The Labute approximate surface area is 169 Å². The van der Waals surface area contributed by atoms with Gasteiger partial charge in [-0.3, -0.25) is 4.79 Å². The van der Waals surface area contributed by atoms with Gasteiger partial charge in [-0.1, -0.05) is 24.3 Å². The van der Waals surface area contributed by atoms with E-state index in [-0.39, 0.29) is 12.5 Å². The fourth-order valence-corrected chi connectivity index (χ4v) is 2.92. The Bertz CT molecular complexity index is 1010. The van der Waals surface area contributed by atoms with Crippen LogP contribution in [-0.2, 0) is 18.3 Å². The highest BCUT2D eigenvalue weighted by Crippen LogP contribution is 2.24. The number of amides is 1. The van der Waals surface area contributed by atoms with Crippen molar-refractivity contribution in [2.24, 2.45) is 7.05 Å². The topological polar surface area (TPSA) is 89.2 Å². The standard InChI is InChI=1S/C22H22N4O3/c1-26-13-12-24-22(26)21(17-4-3-5-19(14-17)28-2)25-20(27)15-29-18-8-6-16(7-9-18)10-11-23/h3-9,12-14,21H,10,15H2,1-2H3,(H,25,27). The first-order valence-electron chi connectivity index (χ1n) is 9.10. The molecule has 7 heteroatoms. The molecule has 148 valence electrons. The van der Waals surface area contributed by atoms with Crippen LogP contribution < -0.4 is 14.8 Å². The smallest absolute Gasteiger partial charge is 0.258 e. The summed E-state index contributed by atoms with van der Waals surface area (Å²) in [7, 11) is 3.48. The molecule has 7 nitrogen and oxygen atoms in total. The number of nitrogens with zero attached hydrogens (tertiary/aromatic N) is 3. The first kappa shape index (κ1) is 20.0. The zero-order valence-corrected chi connectivity index (χ0v) is 16.3. The number of carbonyl (C=O) groups excluding carboxylic acids is 1. The van der Waals surface area contributed by atoms with E-state index >= 15 is 0 Å². The number of benzene rings is 2. The molecule has 29 heavy (non-hydrogen) atoms. The van der Waals surface area contributed by atoms with E-state index in [1.165, 1.54) is 0 Å². The minimum atomic E-state index is -0.445. The van der Waals surface area contributed by atoms with Crippen molar-refractivity contribution in [2.75, 3.05) is 13.7 Å². The molecule has 0 spiro atoms. The van der Waals surface area contributed by atoms with Crippen molar-refractivity contribution >= 4 is 5.91 Å². The van der Waals surface area contributed by atoms with E-state index in [4.69, 9.17) is 14.7 Å². The molecule has 2 aromatic carbocycles. The van der Waals surface area contributed by atoms with Crippen LogP contribution in [0.15, 0.2) is 60.9 Å². The van der Waals surface area contributed by atoms with Gasteiger partial charge in [-0.25, -0.2) is 4.98 Å². The Morgan fingerprint density at radius 1 is 1.24 bits per heavy atom. The Kier molecular flexibility index (Phi) is 6.48. The number of rotatable bonds is 8. The van der Waals surface area contributed by atoms with Crippen LogP contribution in [0.1, 0.15) is 23.0 Å². The third-order valence-corrected chi connectivity index (χ3v) is 4.43. The lowest BCUT2D eigenvalue weighted by Crippen LogP contribution is -2.34. The summed E-state index contributed by atoms with van der Waals surface area (Å²) in [6.07, 6.45) is 3.86. The van der Waals surface area contributed by atoms with Gasteiger partial charge in [0.1, 0.15) is 23.4 Å². The summed E-state index contributed by atoms with van der Waals surface area (Å²) >= 11 is 0. The molecule has 3 rings (SSSR count). The summed E-state index contributed by atoms with van der Waals surface area (Å²) in [5, 5.41) is 11.7. The van der Waals surface area contributed by atoms with Crippen molar-refractivity contribution in [3.05, 3.63) is 77.9 Å². The van der Waals surface area contributed by atoms with Gasteiger partial charge in [0.05, 0.1) is 19.6 Å². The molecular formula is C22H22N4O3. The van der Waals surface area contributed by atoms with Gasteiger partial charge in [-0.15, -0.1) is 0 Å². The van der Waals surface area contributed by atoms with E-state index < -0.39 is 6.04 Å². The number of aromatic nitrogens is 2. The van der Waals surface area contributed by atoms with Gasteiger partial charge in [0.25, 0.3) is 5.91 Å². The third kappa shape index (κ3) is 5.14. The van der Waals surface area contributed by atoms with Gasteiger partial charge in [0, 0.05) is 19.4 Å². The Hall–Kier alpha value is -3.79. The molecule has 1 atom stereocenters. The molecule has 0 saturated heterocycles. The fraction of sp³-hybridized carbons (Fsp3) is 0.227. The van der Waals surface area contributed by atoms with Gasteiger partial charge in [-0.05, 0) is 35.4 Å². The molecule has 1 heterocycles. The molecule has 1 aromatic heterocycles. The summed E-state index contributed by atoms with van der Waals surface area (Å²) in [6, 6.07) is 16.3. The Morgan fingerprint density at radius 2 is 2.03 bits per heavy atom. The number of imidazole rings is 1. The SMILES string of the molecule is COc1cccc(C(NC(=O)COc2ccc(CC#N)cc2)c2nccn2C)c1. The zero-order chi connectivity index (χ0) is 20.6. The molecule has 3 aromatic rings. The third-order valence-electron chi connectivity index (χ3n) is 4.43. The minimum Gasteiger partial charge on any atom is -0.497 e. The predicted molar refractivity (Wildman–Crippen MR) is 107 cm³/mol. The molecule has 0 aliphatic rings. The first-order chi connectivity index (χ1) is 14.1. The lowest BCUT2D eigenvalue weighted by atomic mass is 10.1. The lowest BCUT2D eigenvalue weighted by molar-refractivity contribution is -0.123. The molecule has 0 aliphatic carbocycles. The number of ether oxygens (including phenoxy) is 2. The monoisotopic (exact) mass is 390 g/mol. The molecular weight excluding hydrogens is 368 g/mol. The van der Waals surface area contributed by atoms with E-state index in [2.05, 4.69) is 16.4 Å².